The Kier molecular flexibility index (Phi) is 5.74. The average molecular weight is 271 g/mol. The van der Waals surface area contributed by atoms with Crippen molar-refractivity contribution in [2.24, 2.45) is 0 Å². The lowest BCUT2D eigenvalue weighted by Crippen LogP contribution is -2.29. The van der Waals surface area contributed by atoms with Gasteiger partial charge in [0, 0.05) is 19.6 Å². The lowest BCUT2D eigenvalue weighted by molar-refractivity contribution is 0.156. The van der Waals surface area contributed by atoms with Crippen LogP contribution in [0.4, 0.5) is 0 Å². The van der Waals surface area contributed by atoms with Gasteiger partial charge in [-0.1, -0.05) is 48.5 Å². The molecule has 2 N–H and O–H groups in total. The monoisotopic (exact) mass is 271 g/mol. The van der Waals surface area contributed by atoms with E-state index in [-0.39, 0.29) is 13.2 Å². The fourth-order valence-corrected chi connectivity index (χ4v) is 2.29. The molecule has 2 aromatic carbocycles. The van der Waals surface area contributed by atoms with Crippen LogP contribution in [-0.4, -0.2) is 41.4 Å². The number of hydrogen-bond donors (Lipinski definition) is 2. The summed E-state index contributed by atoms with van der Waals surface area (Å²) in [7, 11) is 0. The molecule has 0 aliphatic heterocycles. The Labute approximate surface area is 120 Å². The van der Waals surface area contributed by atoms with Gasteiger partial charge in [0.2, 0.25) is 0 Å². The van der Waals surface area contributed by atoms with E-state index in [0.717, 1.165) is 6.54 Å². The molecule has 0 spiro atoms. The number of aliphatic hydroxyl groups excluding tert-OH is 2. The van der Waals surface area contributed by atoms with E-state index in [0.29, 0.717) is 13.1 Å². The van der Waals surface area contributed by atoms with Crippen molar-refractivity contribution in [1.29, 1.82) is 0 Å². The predicted molar refractivity (Wildman–Crippen MR) is 81.3 cm³/mol. The fraction of sp³-hybridized carbons (Fsp3) is 0.294. The van der Waals surface area contributed by atoms with Gasteiger partial charge in [0.25, 0.3) is 0 Å². The van der Waals surface area contributed by atoms with Gasteiger partial charge in [-0.2, -0.15) is 0 Å². The van der Waals surface area contributed by atoms with E-state index in [1.165, 1.54) is 16.7 Å². The topological polar surface area (TPSA) is 43.7 Å². The van der Waals surface area contributed by atoms with Crippen LogP contribution in [0.25, 0.3) is 11.1 Å². The number of aliphatic hydroxyl groups is 2. The van der Waals surface area contributed by atoms with Crippen molar-refractivity contribution >= 4 is 0 Å². The van der Waals surface area contributed by atoms with Crippen LogP contribution in [0.5, 0.6) is 0 Å². The maximum Gasteiger partial charge on any atom is 0.0558 e. The quantitative estimate of drug-likeness (QED) is 0.811. The van der Waals surface area contributed by atoms with Crippen LogP contribution in [0.3, 0.4) is 0 Å². The van der Waals surface area contributed by atoms with E-state index in [9.17, 15) is 0 Å². The number of hydrogen-bond acceptors (Lipinski definition) is 3. The van der Waals surface area contributed by atoms with Crippen LogP contribution in [0, 0.1) is 0 Å². The summed E-state index contributed by atoms with van der Waals surface area (Å²) in [5.41, 5.74) is 3.58. The first-order valence-corrected chi connectivity index (χ1v) is 6.92. The van der Waals surface area contributed by atoms with Crippen molar-refractivity contribution in [3.05, 3.63) is 60.2 Å². The average Bonchev–Trinajstić information content (AvgIpc) is 2.49. The molecule has 0 radical (unpaired) electrons. The molecule has 0 amide bonds. The molecule has 0 saturated carbocycles. The summed E-state index contributed by atoms with van der Waals surface area (Å²) in [6.45, 7) is 2.12. The summed E-state index contributed by atoms with van der Waals surface area (Å²) >= 11 is 0. The van der Waals surface area contributed by atoms with E-state index in [1.807, 2.05) is 29.2 Å². The normalized spacial score (nSPS) is 10.9. The van der Waals surface area contributed by atoms with Crippen molar-refractivity contribution < 1.29 is 10.2 Å². The Morgan fingerprint density at radius 3 is 2.05 bits per heavy atom. The minimum Gasteiger partial charge on any atom is -0.395 e. The molecule has 2 aromatic rings. The van der Waals surface area contributed by atoms with Crippen LogP contribution < -0.4 is 0 Å². The van der Waals surface area contributed by atoms with E-state index < -0.39 is 0 Å². The third-order valence-electron chi connectivity index (χ3n) is 3.27. The molecule has 0 atom stereocenters. The first kappa shape index (κ1) is 14.7. The van der Waals surface area contributed by atoms with Gasteiger partial charge in [-0.25, -0.2) is 0 Å². The first-order valence-electron chi connectivity index (χ1n) is 6.92. The van der Waals surface area contributed by atoms with E-state index in [2.05, 4.69) is 30.3 Å². The second-order valence-electron chi connectivity index (χ2n) is 4.79. The van der Waals surface area contributed by atoms with E-state index in [1.54, 1.807) is 0 Å². The lowest BCUT2D eigenvalue weighted by atomic mass is 10.0. The molecule has 3 nitrogen and oxygen atoms in total. The minimum absolute atomic E-state index is 0.109. The molecule has 0 aliphatic rings. The summed E-state index contributed by atoms with van der Waals surface area (Å²) in [5, 5.41) is 18.1. The van der Waals surface area contributed by atoms with Gasteiger partial charge in [-0.3, -0.25) is 4.90 Å². The van der Waals surface area contributed by atoms with Gasteiger partial charge < -0.3 is 10.2 Å². The van der Waals surface area contributed by atoms with Gasteiger partial charge in [0.1, 0.15) is 0 Å². The molecule has 0 bridgehead atoms. The molecule has 20 heavy (non-hydrogen) atoms. The molecule has 0 saturated heterocycles. The van der Waals surface area contributed by atoms with Gasteiger partial charge in [-0.05, 0) is 22.8 Å². The van der Waals surface area contributed by atoms with Gasteiger partial charge in [0.05, 0.1) is 13.2 Å². The van der Waals surface area contributed by atoms with Gasteiger partial charge in [0.15, 0.2) is 0 Å². The summed E-state index contributed by atoms with van der Waals surface area (Å²) in [4.78, 5) is 2.05. The molecular weight excluding hydrogens is 250 g/mol. The van der Waals surface area contributed by atoms with Crippen LogP contribution in [0.2, 0.25) is 0 Å². The Bertz CT molecular complexity index is 507. The van der Waals surface area contributed by atoms with Crippen LogP contribution in [-0.2, 0) is 6.54 Å². The molecular formula is C17H21NO2. The predicted octanol–water partition coefficient (Wildman–Crippen LogP) is 2.14. The highest BCUT2D eigenvalue weighted by molar-refractivity contribution is 5.63. The maximum atomic E-state index is 9.05. The Balaban J connectivity index is 2.13. The zero-order valence-electron chi connectivity index (χ0n) is 11.6. The van der Waals surface area contributed by atoms with Crippen molar-refractivity contribution in [2.45, 2.75) is 6.54 Å². The van der Waals surface area contributed by atoms with Crippen molar-refractivity contribution in [2.75, 3.05) is 26.3 Å². The molecule has 0 aliphatic carbocycles. The van der Waals surface area contributed by atoms with Crippen molar-refractivity contribution in [3.8, 4) is 11.1 Å². The molecule has 0 fully saturated rings. The third-order valence-corrected chi connectivity index (χ3v) is 3.27. The summed E-state index contributed by atoms with van der Waals surface area (Å²) in [6.07, 6.45) is 0. The highest BCUT2D eigenvalue weighted by Gasteiger charge is 2.06. The smallest absolute Gasteiger partial charge is 0.0558 e. The van der Waals surface area contributed by atoms with Gasteiger partial charge in [-0.15, -0.1) is 0 Å². The second-order valence-corrected chi connectivity index (χ2v) is 4.79. The molecule has 0 heterocycles. The SMILES string of the molecule is OCCN(CCO)Cc1cccc(-c2ccccc2)c1. The lowest BCUT2D eigenvalue weighted by Gasteiger charge is -2.20. The molecule has 0 unspecified atom stereocenters. The maximum absolute atomic E-state index is 9.05. The summed E-state index contributed by atoms with van der Waals surface area (Å²) in [6, 6.07) is 18.7. The molecule has 3 heteroatoms. The first-order chi connectivity index (χ1) is 9.83. The largest absolute Gasteiger partial charge is 0.395 e. The van der Waals surface area contributed by atoms with Crippen molar-refractivity contribution in [3.63, 3.8) is 0 Å². The van der Waals surface area contributed by atoms with Crippen LogP contribution in [0.1, 0.15) is 5.56 Å². The second kappa shape index (κ2) is 7.80. The minimum atomic E-state index is 0.109. The van der Waals surface area contributed by atoms with Gasteiger partial charge >= 0.3 is 0 Å². The highest BCUT2D eigenvalue weighted by atomic mass is 16.3. The van der Waals surface area contributed by atoms with E-state index in [4.69, 9.17) is 10.2 Å². The Hall–Kier alpha value is -1.68. The third kappa shape index (κ3) is 4.17. The molecule has 106 valence electrons. The molecule has 0 aromatic heterocycles. The Morgan fingerprint density at radius 1 is 0.750 bits per heavy atom. The van der Waals surface area contributed by atoms with Crippen molar-refractivity contribution in [1.82, 2.24) is 4.90 Å². The summed E-state index contributed by atoms with van der Waals surface area (Å²) in [5.74, 6) is 0. The number of benzene rings is 2. The standard InChI is InChI=1S/C17H21NO2/c19-11-9-18(10-12-20)14-15-5-4-8-17(13-15)16-6-2-1-3-7-16/h1-8,13,19-20H,9-12,14H2. The number of nitrogens with zero attached hydrogens (tertiary/aromatic N) is 1. The summed E-state index contributed by atoms with van der Waals surface area (Å²) < 4.78 is 0. The zero-order chi connectivity index (χ0) is 14.2. The zero-order valence-corrected chi connectivity index (χ0v) is 11.6. The van der Waals surface area contributed by atoms with E-state index >= 15 is 0 Å². The Morgan fingerprint density at radius 2 is 1.40 bits per heavy atom. The van der Waals surface area contributed by atoms with Crippen LogP contribution >= 0.6 is 0 Å². The molecule has 2 rings (SSSR count). The number of rotatable bonds is 7. The van der Waals surface area contributed by atoms with Crippen LogP contribution in [0.15, 0.2) is 54.6 Å². The fourth-order valence-electron chi connectivity index (χ4n) is 2.29. The highest BCUT2D eigenvalue weighted by Crippen LogP contribution is 2.20.